The van der Waals surface area contributed by atoms with Crippen LogP contribution in [0.3, 0.4) is 0 Å². The van der Waals surface area contributed by atoms with Crippen LogP contribution in [0.2, 0.25) is 5.02 Å². The van der Waals surface area contributed by atoms with Crippen LogP contribution < -0.4 is 0 Å². The zero-order chi connectivity index (χ0) is 18.3. The lowest BCUT2D eigenvalue weighted by atomic mass is 9.89. The third kappa shape index (κ3) is 3.70. The number of hydrogen-bond donors (Lipinski definition) is 1. The van der Waals surface area contributed by atoms with Crippen LogP contribution in [0.4, 0.5) is 0 Å². The third-order valence-electron chi connectivity index (χ3n) is 4.40. The second-order valence-electron chi connectivity index (χ2n) is 6.09. The fraction of sp³-hybridized carbons (Fsp3) is 0.467. The lowest BCUT2D eigenvalue weighted by Gasteiger charge is -2.33. The van der Waals surface area contributed by atoms with E-state index in [1.54, 1.807) is 6.07 Å². The quantitative estimate of drug-likeness (QED) is 0.691. The predicted octanol–water partition coefficient (Wildman–Crippen LogP) is 2.34. The molecule has 1 heterocycles. The molecule has 0 spiro atoms. The van der Waals surface area contributed by atoms with Gasteiger partial charge in [0, 0.05) is 22.6 Å². The van der Waals surface area contributed by atoms with Crippen molar-refractivity contribution in [2.45, 2.75) is 41.4 Å². The van der Waals surface area contributed by atoms with Crippen molar-refractivity contribution < 1.29 is 13.5 Å². The Balaban J connectivity index is 1.96. The summed E-state index contributed by atoms with van der Waals surface area (Å²) < 4.78 is 18.5. The summed E-state index contributed by atoms with van der Waals surface area (Å²) in [7, 11) is -1.98. The smallest absolute Gasteiger partial charge is 0.245 e. The van der Waals surface area contributed by atoms with E-state index in [0.29, 0.717) is 17.9 Å². The number of aliphatic hydroxyl groups is 1. The number of alkyl halides is 1. The van der Waals surface area contributed by atoms with Crippen molar-refractivity contribution in [3.05, 3.63) is 41.2 Å². The molecule has 136 valence electrons. The molecular weight excluding hydrogens is 405 g/mol. The molecule has 1 fully saturated rings. The molecule has 2 unspecified atom stereocenters. The van der Waals surface area contributed by atoms with Gasteiger partial charge in [-0.3, -0.25) is 4.18 Å². The van der Waals surface area contributed by atoms with Crippen LogP contribution in [0, 0.1) is 0 Å². The lowest BCUT2D eigenvalue weighted by molar-refractivity contribution is 0.00506. The zero-order valence-corrected chi connectivity index (χ0v) is 16.5. The summed E-state index contributed by atoms with van der Waals surface area (Å²) in [6.45, 7) is -0.0198. The van der Waals surface area contributed by atoms with Gasteiger partial charge in [-0.05, 0) is 24.5 Å². The minimum Gasteiger partial charge on any atom is -0.386 e. The minimum atomic E-state index is -3.22. The maximum Gasteiger partial charge on any atom is 0.245 e. The topological polar surface area (TPSA) is 77.2 Å². The second kappa shape index (κ2) is 6.75. The Bertz CT molecular complexity index is 884. The number of hydrogen-bond acceptors (Lipinski definition) is 6. The standard InChI is InChI=1S/C15H17Cl2N3O3S2/c1-23-25(22,24)13-18-10-19-20(13)9-15(21,14(17)6-7-14)8-11-4-2-3-5-12(11)16/h2-5,10,21H,6-9H2,1H3. The van der Waals surface area contributed by atoms with Crippen LogP contribution in [0.15, 0.2) is 35.7 Å². The number of halogens is 2. The van der Waals surface area contributed by atoms with E-state index in [9.17, 15) is 9.32 Å². The number of nitrogens with zero attached hydrogens (tertiary/aromatic N) is 3. The van der Waals surface area contributed by atoms with Crippen LogP contribution in [0.5, 0.6) is 0 Å². The molecule has 1 aromatic heterocycles. The minimum absolute atomic E-state index is 0.0106. The van der Waals surface area contributed by atoms with Crippen molar-refractivity contribution >= 4 is 43.2 Å². The number of aromatic nitrogens is 3. The van der Waals surface area contributed by atoms with Gasteiger partial charge in [-0.25, -0.2) is 13.9 Å². The Morgan fingerprint density at radius 1 is 1.48 bits per heavy atom. The summed E-state index contributed by atoms with van der Waals surface area (Å²) in [6.07, 6.45) is 2.77. The summed E-state index contributed by atoms with van der Waals surface area (Å²) in [6, 6.07) is 7.26. The SMILES string of the molecule is COS(=O)(=S)c1ncnn1CC(O)(Cc1ccccc1Cl)C1(Cl)CC1. The Kier molecular flexibility index (Phi) is 5.13. The Morgan fingerprint density at radius 2 is 2.16 bits per heavy atom. The van der Waals surface area contributed by atoms with Crippen molar-refractivity contribution in [2.24, 2.45) is 0 Å². The molecule has 10 heteroatoms. The predicted molar refractivity (Wildman–Crippen MR) is 98.7 cm³/mol. The van der Waals surface area contributed by atoms with Crippen LogP contribution in [0.1, 0.15) is 18.4 Å². The molecule has 0 aliphatic heterocycles. The molecule has 0 bridgehead atoms. The molecule has 1 aliphatic rings. The molecule has 2 aromatic rings. The van der Waals surface area contributed by atoms with Gasteiger partial charge in [0.15, 0.2) is 0 Å². The van der Waals surface area contributed by atoms with Gasteiger partial charge < -0.3 is 5.11 Å². The van der Waals surface area contributed by atoms with E-state index in [-0.39, 0.29) is 18.1 Å². The number of rotatable bonds is 7. The van der Waals surface area contributed by atoms with E-state index >= 15 is 0 Å². The maximum atomic E-state index is 12.3. The highest BCUT2D eigenvalue weighted by atomic mass is 35.5. The first-order valence-corrected chi connectivity index (χ1v) is 10.7. The number of benzene rings is 1. The second-order valence-corrected chi connectivity index (χ2v) is 10.1. The van der Waals surface area contributed by atoms with Crippen molar-refractivity contribution in [2.75, 3.05) is 7.11 Å². The fourth-order valence-corrected chi connectivity index (χ4v) is 4.27. The molecule has 25 heavy (non-hydrogen) atoms. The maximum absolute atomic E-state index is 12.3. The highest BCUT2D eigenvalue weighted by molar-refractivity contribution is 8.30. The van der Waals surface area contributed by atoms with Gasteiger partial charge >= 0.3 is 0 Å². The van der Waals surface area contributed by atoms with Crippen molar-refractivity contribution in [3.8, 4) is 0 Å². The normalized spacial score (nSPS) is 20.6. The Hall–Kier alpha value is -0.770. The van der Waals surface area contributed by atoms with Gasteiger partial charge in [0.1, 0.15) is 11.9 Å². The van der Waals surface area contributed by atoms with Gasteiger partial charge in [0.05, 0.1) is 18.5 Å². The summed E-state index contributed by atoms with van der Waals surface area (Å²) in [5.74, 6) is 0. The molecule has 1 saturated carbocycles. The highest BCUT2D eigenvalue weighted by Crippen LogP contribution is 2.53. The van der Waals surface area contributed by atoms with Crippen molar-refractivity contribution in [3.63, 3.8) is 0 Å². The summed E-state index contributed by atoms with van der Waals surface area (Å²) in [5, 5.41) is 16.0. The van der Waals surface area contributed by atoms with Crippen LogP contribution in [0.25, 0.3) is 0 Å². The largest absolute Gasteiger partial charge is 0.386 e. The molecule has 3 rings (SSSR count). The van der Waals surface area contributed by atoms with Gasteiger partial charge in [-0.15, -0.1) is 11.6 Å². The summed E-state index contributed by atoms with van der Waals surface area (Å²) in [4.78, 5) is 3.14. The van der Waals surface area contributed by atoms with E-state index in [0.717, 1.165) is 5.56 Å². The van der Waals surface area contributed by atoms with Crippen molar-refractivity contribution in [1.82, 2.24) is 14.8 Å². The molecule has 0 radical (unpaired) electrons. The zero-order valence-electron chi connectivity index (χ0n) is 13.4. The van der Waals surface area contributed by atoms with Crippen LogP contribution in [-0.4, -0.2) is 41.7 Å². The molecule has 1 aliphatic carbocycles. The molecular formula is C15H17Cl2N3O3S2. The van der Waals surface area contributed by atoms with Gasteiger partial charge in [0.25, 0.3) is 0 Å². The van der Waals surface area contributed by atoms with Gasteiger partial charge in [-0.1, -0.05) is 29.8 Å². The van der Waals surface area contributed by atoms with E-state index in [1.807, 2.05) is 18.2 Å². The van der Waals surface area contributed by atoms with E-state index in [2.05, 4.69) is 10.1 Å². The van der Waals surface area contributed by atoms with E-state index in [4.69, 9.17) is 38.6 Å². The Labute approximate surface area is 161 Å². The van der Waals surface area contributed by atoms with E-state index in [1.165, 1.54) is 18.1 Å². The van der Waals surface area contributed by atoms with Crippen LogP contribution >= 0.6 is 23.2 Å². The average Bonchev–Trinajstić information content (AvgIpc) is 3.16. The van der Waals surface area contributed by atoms with Crippen LogP contribution in [-0.2, 0) is 37.1 Å². The molecule has 2 atom stereocenters. The fourth-order valence-electron chi connectivity index (χ4n) is 2.77. The summed E-state index contributed by atoms with van der Waals surface area (Å²) in [5.41, 5.74) is -0.591. The highest BCUT2D eigenvalue weighted by Gasteiger charge is 2.58. The first-order valence-electron chi connectivity index (χ1n) is 7.54. The molecule has 1 aromatic carbocycles. The average molecular weight is 422 g/mol. The van der Waals surface area contributed by atoms with Gasteiger partial charge in [0.2, 0.25) is 13.9 Å². The molecule has 1 N–H and O–H groups in total. The molecule has 6 nitrogen and oxygen atoms in total. The molecule has 0 amide bonds. The third-order valence-corrected chi connectivity index (χ3v) is 7.55. The van der Waals surface area contributed by atoms with Crippen molar-refractivity contribution in [1.29, 1.82) is 0 Å². The lowest BCUT2D eigenvalue weighted by Crippen LogP contribution is -2.47. The monoisotopic (exact) mass is 421 g/mol. The van der Waals surface area contributed by atoms with Gasteiger partial charge in [-0.2, -0.15) is 5.10 Å². The summed E-state index contributed by atoms with van der Waals surface area (Å²) >= 11 is 17.8. The Morgan fingerprint density at radius 3 is 2.76 bits per heavy atom. The molecule has 0 saturated heterocycles. The first kappa shape index (κ1) is 19.0. The van der Waals surface area contributed by atoms with E-state index < -0.39 is 19.2 Å². The first-order chi connectivity index (χ1) is 11.7.